The van der Waals surface area contributed by atoms with Crippen LogP contribution in [0.4, 0.5) is 11.4 Å². The van der Waals surface area contributed by atoms with Gasteiger partial charge in [-0.15, -0.1) is 0 Å². The summed E-state index contributed by atoms with van der Waals surface area (Å²) in [4.78, 5) is 24.9. The third kappa shape index (κ3) is 5.16. The van der Waals surface area contributed by atoms with Gasteiger partial charge in [0.1, 0.15) is 0 Å². The molecule has 1 amide bonds. The zero-order chi connectivity index (χ0) is 21.0. The van der Waals surface area contributed by atoms with E-state index in [0.717, 1.165) is 12.0 Å². The SMILES string of the molecule is CC(c1cccc([N+](=O)[O-])c1)N(C)CC(=O)Nc1cc2c(cc1Cl)OCCCO2. The van der Waals surface area contributed by atoms with Gasteiger partial charge in [-0.25, -0.2) is 0 Å². The van der Waals surface area contributed by atoms with E-state index >= 15 is 0 Å². The average molecular weight is 420 g/mol. The topological polar surface area (TPSA) is 93.9 Å². The number of benzene rings is 2. The number of hydrogen-bond acceptors (Lipinski definition) is 6. The van der Waals surface area contributed by atoms with Crippen LogP contribution in [0.1, 0.15) is 24.9 Å². The van der Waals surface area contributed by atoms with Crippen molar-refractivity contribution in [3.63, 3.8) is 0 Å². The van der Waals surface area contributed by atoms with Crippen molar-refractivity contribution >= 4 is 28.9 Å². The molecule has 1 aliphatic heterocycles. The lowest BCUT2D eigenvalue weighted by molar-refractivity contribution is -0.384. The number of nitrogens with zero attached hydrogens (tertiary/aromatic N) is 2. The van der Waals surface area contributed by atoms with Crippen molar-refractivity contribution in [2.45, 2.75) is 19.4 Å². The Morgan fingerprint density at radius 2 is 1.97 bits per heavy atom. The van der Waals surface area contributed by atoms with Crippen LogP contribution in [0.3, 0.4) is 0 Å². The predicted octanol–water partition coefficient (Wildman–Crippen LogP) is 4.04. The Morgan fingerprint density at radius 1 is 1.28 bits per heavy atom. The fourth-order valence-electron chi connectivity index (χ4n) is 2.99. The number of anilines is 1. The summed E-state index contributed by atoms with van der Waals surface area (Å²) in [5.74, 6) is 0.837. The van der Waals surface area contributed by atoms with Gasteiger partial charge < -0.3 is 14.8 Å². The van der Waals surface area contributed by atoms with E-state index in [1.807, 2.05) is 6.92 Å². The van der Waals surface area contributed by atoms with Crippen LogP contribution in [-0.2, 0) is 4.79 Å². The molecule has 1 aliphatic rings. The number of ether oxygens (including phenoxy) is 2. The average Bonchev–Trinajstić information content (AvgIpc) is 2.92. The number of nitro benzene ring substituents is 1. The van der Waals surface area contributed by atoms with E-state index in [9.17, 15) is 14.9 Å². The number of carbonyl (C=O) groups excluding carboxylic acids is 1. The summed E-state index contributed by atoms with van der Waals surface area (Å²) < 4.78 is 11.2. The van der Waals surface area contributed by atoms with Crippen LogP contribution in [0.2, 0.25) is 5.02 Å². The molecule has 0 aliphatic carbocycles. The predicted molar refractivity (Wildman–Crippen MR) is 110 cm³/mol. The summed E-state index contributed by atoms with van der Waals surface area (Å²) in [6.45, 7) is 3.04. The molecule has 1 heterocycles. The molecular weight excluding hydrogens is 398 g/mol. The Balaban J connectivity index is 1.66. The largest absolute Gasteiger partial charge is 0.490 e. The van der Waals surface area contributed by atoms with E-state index in [-0.39, 0.29) is 24.2 Å². The van der Waals surface area contributed by atoms with Crippen molar-refractivity contribution in [1.82, 2.24) is 4.90 Å². The lowest BCUT2D eigenvalue weighted by Gasteiger charge is -2.24. The number of non-ortho nitro benzene ring substituents is 1. The summed E-state index contributed by atoms with van der Waals surface area (Å²) >= 11 is 6.27. The minimum atomic E-state index is -0.435. The lowest BCUT2D eigenvalue weighted by Crippen LogP contribution is -2.32. The van der Waals surface area contributed by atoms with Gasteiger partial charge in [0.05, 0.1) is 35.4 Å². The summed E-state index contributed by atoms with van der Waals surface area (Å²) in [6, 6.07) is 9.48. The standard InChI is InChI=1S/C20H22ClN3O5/c1-13(14-5-3-6-15(9-14)24(26)27)23(2)12-20(25)22-17-11-19-18(10-16(17)21)28-7-4-8-29-19/h3,5-6,9-11,13H,4,7-8,12H2,1-2H3,(H,22,25). The molecule has 2 aromatic rings. The molecule has 3 rings (SSSR count). The number of rotatable bonds is 6. The van der Waals surface area contributed by atoms with Crippen molar-refractivity contribution in [3.8, 4) is 11.5 Å². The van der Waals surface area contributed by atoms with Crippen molar-refractivity contribution in [2.24, 2.45) is 0 Å². The molecule has 1 atom stereocenters. The van der Waals surface area contributed by atoms with Gasteiger partial charge >= 0.3 is 0 Å². The minimum absolute atomic E-state index is 0.0196. The Labute approximate surface area is 173 Å². The molecule has 1 unspecified atom stereocenters. The summed E-state index contributed by atoms with van der Waals surface area (Å²) in [7, 11) is 1.78. The minimum Gasteiger partial charge on any atom is -0.490 e. The number of nitro groups is 1. The highest BCUT2D eigenvalue weighted by Gasteiger charge is 2.19. The first kappa shape index (κ1) is 20.9. The van der Waals surface area contributed by atoms with Crippen LogP contribution in [-0.4, -0.2) is 42.5 Å². The Morgan fingerprint density at radius 3 is 2.66 bits per heavy atom. The number of likely N-dealkylation sites (N-methyl/N-ethyl adjacent to an activating group) is 1. The van der Waals surface area contributed by atoms with Crippen molar-refractivity contribution in [2.75, 3.05) is 32.1 Å². The first-order valence-electron chi connectivity index (χ1n) is 9.18. The quantitative estimate of drug-likeness (QED) is 0.561. The van der Waals surface area contributed by atoms with Gasteiger partial charge in [-0.1, -0.05) is 23.7 Å². The summed E-state index contributed by atoms with van der Waals surface area (Å²) in [5, 5.41) is 14.1. The van der Waals surface area contributed by atoms with E-state index in [0.29, 0.717) is 35.4 Å². The number of halogens is 1. The molecule has 9 heteroatoms. The third-order valence-corrected chi connectivity index (χ3v) is 5.04. The maximum atomic E-state index is 12.5. The maximum absolute atomic E-state index is 12.5. The van der Waals surface area contributed by atoms with Gasteiger partial charge in [0, 0.05) is 36.7 Å². The first-order valence-corrected chi connectivity index (χ1v) is 9.56. The third-order valence-electron chi connectivity index (χ3n) is 4.73. The van der Waals surface area contributed by atoms with Crippen LogP contribution < -0.4 is 14.8 Å². The first-order chi connectivity index (χ1) is 13.8. The van der Waals surface area contributed by atoms with E-state index in [1.54, 1.807) is 36.2 Å². The molecule has 0 fully saturated rings. The number of nitrogens with one attached hydrogen (secondary N) is 1. The number of carbonyl (C=O) groups is 1. The molecule has 0 radical (unpaired) electrons. The van der Waals surface area contributed by atoms with Gasteiger partial charge in [-0.05, 0) is 19.5 Å². The molecule has 154 valence electrons. The molecule has 0 aromatic heterocycles. The normalized spacial score (nSPS) is 14.2. The van der Waals surface area contributed by atoms with Crippen molar-refractivity contribution < 1.29 is 19.2 Å². The van der Waals surface area contributed by atoms with Crippen LogP contribution in [0, 0.1) is 10.1 Å². The van der Waals surface area contributed by atoms with Gasteiger partial charge in [0.15, 0.2) is 11.5 Å². The van der Waals surface area contributed by atoms with Crippen molar-refractivity contribution in [1.29, 1.82) is 0 Å². The Bertz CT molecular complexity index is 921. The summed E-state index contributed by atoms with van der Waals surface area (Å²) in [6.07, 6.45) is 0.772. The Hall–Kier alpha value is -2.84. The van der Waals surface area contributed by atoms with Crippen LogP contribution in [0.5, 0.6) is 11.5 Å². The molecule has 2 aromatic carbocycles. The van der Waals surface area contributed by atoms with Crippen molar-refractivity contribution in [3.05, 3.63) is 57.1 Å². The van der Waals surface area contributed by atoms with Gasteiger partial charge in [0.2, 0.25) is 5.91 Å². The smallest absolute Gasteiger partial charge is 0.269 e. The molecule has 0 saturated carbocycles. The fourth-order valence-corrected chi connectivity index (χ4v) is 3.19. The van der Waals surface area contributed by atoms with E-state index in [4.69, 9.17) is 21.1 Å². The maximum Gasteiger partial charge on any atom is 0.269 e. The monoisotopic (exact) mass is 419 g/mol. The number of fused-ring (bicyclic) bond motifs is 1. The van der Waals surface area contributed by atoms with Gasteiger partial charge in [-0.3, -0.25) is 19.8 Å². The molecule has 0 spiro atoms. The zero-order valence-electron chi connectivity index (χ0n) is 16.2. The molecule has 1 N–H and O–H groups in total. The second-order valence-electron chi connectivity index (χ2n) is 6.82. The Kier molecular flexibility index (Phi) is 6.56. The molecule has 0 saturated heterocycles. The molecule has 29 heavy (non-hydrogen) atoms. The highest BCUT2D eigenvalue weighted by molar-refractivity contribution is 6.34. The van der Waals surface area contributed by atoms with Gasteiger partial charge in [-0.2, -0.15) is 0 Å². The van der Waals surface area contributed by atoms with E-state index in [1.165, 1.54) is 12.1 Å². The van der Waals surface area contributed by atoms with Gasteiger partial charge in [0.25, 0.3) is 5.69 Å². The van der Waals surface area contributed by atoms with Crippen LogP contribution in [0.15, 0.2) is 36.4 Å². The zero-order valence-corrected chi connectivity index (χ0v) is 16.9. The fraction of sp³-hybridized carbons (Fsp3) is 0.350. The van der Waals surface area contributed by atoms with Crippen LogP contribution in [0.25, 0.3) is 0 Å². The number of hydrogen-bond donors (Lipinski definition) is 1. The number of amides is 1. The lowest BCUT2D eigenvalue weighted by atomic mass is 10.1. The second kappa shape index (κ2) is 9.11. The van der Waals surface area contributed by atoms with E-state index < -0.39 is 4.92 Å². The molecular formula is C20H22ClN3O5. The highest BCUT2D eigenvalue weighted by atomic mass is 35.5. The molecule has 8 nitrogen and oxygen atoms in total. The van der Waals surface area contributed by atoms with E-state index in [2.05, 4.69) is 5.32 Å². The van der Waals surface area contributed by atoms with Crippen LogP contribution >= 0.6 is 11.6 Å². The summed E-state index contributed by atoms with van der Waals surface area (Å²) in [5.41, 5.74) is 1.21. The second-order valence-corrected chi connectivity index (χ2v) is 7.23. The highest BCUT2D eigenvalue weighted by Crippen LogP contribution is 2.37. The molecule has 0 bridgehead atoms.